The van der Waals surface area contributed by atoms with Crippen LogP contribution in [0.15, 0.2) is 52.4 Å². The second-order valence-electron chi connectivity index (χ2n) is 5.68. The van der Waals surface area contributed by atoms with Crippen LogP contribution < -0.4 is 15.9 Å². The zero-order valence-electron chi connectivity index (χ0n) is 14.3. The summed E-state index contributed by atoms with van der Waals surface area (Å²) in [5, 5.41) is 4.51. The predicted octanol–water partition coefficient (Wildman–Crippen LogP) is 2.06. The van der Waals surface area contributed by atoms with Crippen LogP contribution in [0, 0.1) is 0 Å². The van der Waals surface area contributed by atoms with Crippen LogP contribution in [0.2, 0.25) is 5.02 Å². The maximum Gasteiger partial charge on any atom is 0.328 e. The van der Waals surface area contributed by atoms with Crippen molar-refractivity contribution in [1.29, 1.82) is 0 Å². The predicted molar refractivity (Wildman–Crippen MR) is 101 cm³/mol. The van der Waals surface area contributed by atoms with Gasteiger partial charge >= 0.3 is 5.69 Å². The Morgan fingerprint density at radius 2 is 1.85 bits per heavy atom. The van der Waals surface area contributed by atoms with Crippen molar-refractivity contribution in [2.75, 3.05) is 6.61 Å². The molecule has 7 nitrogen and oxygen atoms in total. The summed E-state index contributed by atoms with van der Waals surface area (Å²) in [7, 11) is 3.43. The summed E-state index contributed by atoms with van der Waals surface area (Å²) in [5.74, 6) is 0.161. The fourth-order valence-electron chi connectivity index (χ4n) is 2.49. The number of rotatable bonds is 5. The number of nitrogens with one attached hydrogen (secondary N) is 1. The van der Waals surface area contributed by atoms with E-state index in [2.05, 4.69) is 10.5 Å². The first-order chi connectivity index (χ1) is 12.5. The highest BCUT2D eigenvalue weighted by Crippen LogP contribution is 2.15. The van der Waals surface area contributed by atoms with E-state index >= 15 is 0 Å². The quantitative estimate of drug-likeness (QED) is 0.550. The van der Waals surface area contributed by atoms with Gasteiger partial charge in [0.25, 0.3) is 5.91 Å². The number of nitrogens with zero attached hydrogens (tertiary/aromatic N) is 3. The van der Waals surface area contributed by atoms with Crippen LogP contribution in [0.5, 0.6) is 5.75 Å². The first-order valence-electron chi connectivity index (χ1n) is 7.81. The third-order valence-electron chi connectivity index (χ3n) is 3.88. The van der Waals surface area contributed by atoms with Crippen LogP contribution >= 0.6 is 11.6 Å². The van der Waals surface area contributed by atoms with Gasteiger partial charge in [0.1, 0.15) is 5.75 Å². The topological polar surface area (TPSA) is 77.6 Å². The normalized spacial score (nSPS) is 11.2. The molecule has 0 bridgehead atoms. The molecule has 0 saturated carbocycles. The fourth-order valence-corrected chi connectivity index (χ4v) is 2.62. The van der Waals surface area contributed by atoms with E-state index in [1.807, 2.05) is 18.2 Å². The van der Waals surface area contributed by atoms with Crippen LogP contribution in [0.3, 0.4) is 0 Å². The van der Waals surface area contributed by atoms with Crippen LogP contribution in [-0.4, -0.2) is 27.9 Å². The maximum absolute atomic E-state index is 11.9. The lowest BCUT2D eigenvalue weighted by molar-refractivity contribution is -0.123. The second kappa shape index (κ2) is 7.45. The maximum atomic E-state index is 11.9. The van der Waals surface area contributed by atoms with Crippen molar-refractivity contribution in [1.82, 2.24) is 14.6 Å². The van der Waals surface area contributed by atoms with E-state index in [4.69, 9.17) is 16.3 Å². The number of carbonyl (C=O) groups is 1. The van der Waals surface area contributed by atoms with Gasteiger partial charge in [-0.2, -0.15) is 5.10 Å². The van der Waals surface area contributed by atoms with E-state index < -0.39 is 0 Å². The van der Waals surface area contributed by atoms with Gasteiger partial charge in [0.05, 0.1) is 17.2 Å². The lowest BCUT2D eigenvalue weighted by Crippen LogP contribution is -2.24. The molecule has 0 spiro atoms. The lowest BCUT2D eigenvalue weighted by atomic mass is 10.2. The van der Waals surface area contributed by atoms with Crippen molar-refractivity contribution < 1.29 is 9.53 Å². The number of benzene rings is 2. The van der Waals surface area contributed by atoms with Crippen LogP contribution in [-0.2, 0) is 18.9 Å². The molecular formula is C18H17ClN4O3. The number of aryl methyl sites for hydroxylation is 2. The highest BCUT2D eigenvalue weighted by atomic mass is 35.5. The van der Waals surface area contributed by atoms with Gasteiger partial charge < -0.3 is 4.74 Å². The molecule has 0 aliphatic rings. The number of imidazole rings is 1. The number of hydrogen-bond acceptors (Lipinski definition) is 4. The monoisotopic (exact) mass is 372 g/mol. The number of hydrazone groups is 1. The molecule has 3 aromatic rings. The fraction of sp³-hybridized carbons (Fsp3) is 0.167. The Hall–Kier alpha value is -3.06. The van der Waals surface area contributed by atoms with Crippen molar-refractivity contribution in [3.63, 3.8) is 0 Å². The van der Waals surface area contributed by atoms with Gasteiger partial charge in [-0.25, -0.2) is 10.2 Å². The van der Waals surface area contributed by atoms with E-state index in [1.165, 1.54) is 6.21 Å². The molecular weight excluding hydrogens is 356 g/mol. The molecule has 0 fully saturated rings. The molecule has 1 aromatic heterocycles. The smallest absolute Gasteiger partial charge is 0.328 e. The zero-order chi connectivity index (χ0) is 18.7. The summed E-state index contributed by atoms with van der Waals surface area (Å²) in [6.45, 7) is -0.162. The van der Waals surface area contributed by atoms with Gasteiger partial charge in [-0.05, 0) is 42.0 Å². The molecule has 2 aromatic carbocycles. The number of aromatic nitrogens is 2. The van der Waals surface area contributed by atoms with Crippen molar-refractivity contribution in [2.24, 2.45) is 19.2 Å². The molecule has 1 amide bonds. The number of carbonyl (C=O) groups excluding carboxylic acids is 1. The van der Waals surface area contributed by atoms with Crippen molar-refractivity contribution in [3.8, 4) is 5.75 Å². The molecule has 26 heavy (non-hydrogen) atoms. The molecule has 0 aliphatic carbocycles. The molecule has 0 atom stereocenters. The van der Waals surface area contributed by atoms with E-state index in [0.29, 0.717) is 10.8 Å². The van der Waals surface area contributed by atoms with Gasteiger partial charge in [-0.15, -0.1) is 0 Å². The molecule has 1 heterocycles. The van der Waals surface area contributed by atoms with Crippen LogP contribution in [0.4, 0.5) is 0 Å². The molecule has 0 saturated heterocycles. The number of halogens is 1. The molecule has 8 heteroatoms. The third kappa shape index (κ3) is 3.78. The Balaban J connectivity index is 1.60. The zero-order valence-corrected chi connectivity index (χ0v) is 15.0. The summed E-state index contributed by atoms with van der Waals surface area (Å²) >= 11 is 5.78. The van der Waals surface area contributed by atoms with E-state index in [-0.39, 0.29) is 18.2 Å². The molecule has 0 aliphatic heterocycles. The van der Waals surface area contributed by atoms with Gasteiger partial charge in [-0.3, -0.25) is 13.9 Å². The number of amides is 1. The number of ether oxygens (including phenoxy) is 1. The first-order valence-corrected chi connectivity index (χ1v) is 8.19. The molecule has 134 valence electrons. The third-order valence-corrected chi connectivity index (χ3v) is 4.13. The van der Waals surface area contributed by atoms with E-state index in [0.717, 1.165) is 16.6 Å². The molecule has 3 rings (SSSR count). The summed E-state index contributed by atoms with van der Waals surface area (Å²) in [4.78, 5) is 23.7. The Labute approximate surface area is 154 Å². The van der Waals surface area contributed by atoms with Gasteiger partial charge in [0, 0.05) is 19.1 Å². The summed E-state index contributed by atoms with van der Waals surface area (Å²) in [6, 6.07) is 12.2. The molecule has 0 radical (unpaired) electrons. The SMILES string of the molecule is Cn1c(=O)n(C)c2cc(C=NNC(=O)COc3ccc(Cl)cc3)ccc21. The highest BCUT2D eigenvalue weighted by molar-refractivity contribution is 6.30. The summed E-state index contributed by atoms with van der Waals surface area (Å²) < 4.78 is 8.47. The Kier molecular flexibility index (Phi) is 5.09. The minimum absolute atomic E-state index is 0.0956. The van der Waals surface area contributed by atoms with Crippen LogP contribution in [0.25, 0.3) is 11.0 Å². The van der Waals surface area contributed by atoms with Crippen molar-refractivity contribution >= 4 is 34.8 Å². The van der Waals surface area contributed by atoms with E-state index in [9.17, 15) is 9.59 Å². The minimum Gasteiger partial charge on any atom is -0.484 e. The Morgan fingerprint density at radius 1 is 1.15 bits per heavy atom. The van der Waals surface area contributed by atoms with E-state index in [1.54, 1.807) is 47.5 Å². The van der Waals surface area contributed by atoms with Gasteiger partial charge in [0.2, 0.25) is 0 Å². The van der Waals surface area contributed by atoms with Gasteiger partial charge in [0.15, 0.2) is 6.61 Å². The summed E-state index contributed by atoms with van der Waals surface area (Å²) in [6.07, 6.45) is 1.51. The number of fused-ring (bicyclic) bond motifs is 1. The first kappa shape index (κ1) is 17.8. The minimum atomic E-state index is -0.385. The average Bonchev–Trinajstić information content (AvgIpc) is 2.85. The number of hydrogen-bond donors (Lipinski definition) is 1. The second-order valence-corrected chi connectivity index (χ2v) is 6.12. The average molecular weight is 373 g/mol. The molecule has 1 N–H and O–H groups in total. The standard InChI is InChI=1S/C18H17ClN4O3/c1-22-15-8-3-12(9-16(15)23(2)18(22)25)10-20-21-17(24)11-26-14-6-4-13(19)5-7-14/h3-10H,11H2,1-2H3,(H,21,24). The summed E-state index contributed by atoms with van der Waals surface area (Å²) in [5.41, 5.74) is 4.68. The largest absolute Gasteiger partial charge is 0.484 e. The van der Waals surface area contributed by atoms with Gasteiger partial charge in [-0.1, -0.05) is 17.7 Å². The van der Waals surface area contributed by atoms with Crippen LogP contribution in [0.1, 0.15) is 5.56 Å². The lowest BCUT2D eigenvalue weighted by Gasteiger charge is -2.04. The Morgan fingerprint density at radius 3 is 2.58 bits per heavy atom. The van der Waals surface area contributed by atoms with Crippen molar-refractivity contribution in [2.45, 2.75) is 0 Å². The van der Waals surface area contributed by atoms with Crippen molar-refractivity contribution in [3.05, 3.63) is 63.5 Å². The Bertz CT molecular complexity index is 1040. The highest BCUT2D eigenvalue weighted by Gasteiger charge is 2.07. The molecule has 0 unspecified atom stereocenters.